The van der Waals surface area contributed by atoms with Crippen LogP contribution in [0.1, 0.15) is 25.7 Å². The van der Waals surface area contributed by atoms with Gasteiger partial charge in [-0.1, -0.05) is 12.8 Å². The van der Waals surface area contributed by atoms with Crippen LogP contribution in [0.2, 0.25) is 0 Å². The van der Waals surface area contributed by atoms with Crippen LogP contribution in [0.15, 0.2) is 23.1 Å². The monoisotopic (exact) mass is 286 g/mol. The number of carbonyl (C=O) groups is 1. The van der Waals surface area contributed by atoms with Gasteiger partial charge in [0, 0.05) is 11.6 Å². The number of benzene rings is 1. The summed E-state index contributed by atoms with van der Waals surface area (Å²) >= 11 is 0. The molecule has 2 rings (SSSR count). The lowest BCUT2D eigenvalue weighted by Gasteiger charge is -2.11. The average molecular weight is 286 g/mol. The minimum absolute atomic E-state index is 0.0408. The number of hydrogen-bond donors (Lipinski definition) is 2. The molecular formula is C12H15FN2O3S. The number of anilines is 1. The molecule has 0 aliphatic heterocycles. The molecule has 0 bridgehead atoms. The Labute approximate surface area is 111 Å². The fourth-order valence-electron chi connectivity index (χ4n) is 2.24. The Morgan fingerprint density at radius 1 is 1.32 bits per heavy atom. The zero-order valence-electron chi connectivity index (χ0n) is 10.2. The molecule has 0 radical (unpaired) electrons. The average Bonchev–Trinajstić information content (AvgIpc) is 2.80. The molecule has 3 N–H and O–H groups in total. The molecule has 0 atom stereocenters. The standard InChI is InChI=1S/C12H15FN2O3S/c13-10-7-9(5-6-11(10)19(14,17)18)15-12(16)8-3-1-2-4-8/h5-8H,1-4H2,(H,15,16)(H2,14,17,18). The summed E-state index contributed by atoms with van der Waals surface area (Å²) in [5.74, 6) is -1.16. The molecule has 5 nitrogen and oxygen atoms in total. The number of sulfonamides is 1. The Morgan fingerprint density at radius 3 is 2.47 bits per heavy atom. The Hall–Kier alpha value is -1.47. The molecule has 19 heavy (non-hydrogen) atoms. The van der Waals surface area contributed by atoms with Gasteiger partial charge >= 0.3 is 0 Å². The van der Waals surface area contributed by atoms with Crippen molar-refractivity contribution in [2.75, 3.05) is 5.32 Å². The minimum atomic E-state index is -4.08. The van der Waals surface area contributed by atoms with Gasteiger partial charge in [-0.15, -0.1) is 0 Å². The Bertz CT molecular complexity index is 595. The molecule has 0 heterocycles. The minimum Gasteiger partial charge on any atom is -0.326 e. The lowest BCUT2D eigenvalue weighted by molar-refractivity contribution is -0.119. The van der Waals surface area contributed by atoms with E-state index in [4.69, 9.17) is 5.14 Å². The molecular weight excluding hydrogens is 271 g/mol. The van der Waals surface area contributed by atoms with Gasteiger partial charge in [-0.3, -0.25) is 4.79 Å². The molecule has 1 aromatic rings. The van der Waals surface area contributed by atoms with E-state index in [0.717, 1.165) is 37.8 Å². The maximum absolute atomic E-state index is 13.6. The largest absolute Gasteiger partial charge is 0.326 e. The number of halogens is 1. The van der Waals surface area contributed by atoms with Crippen molar-refractivity contribution in [1.82, 2.24) is 0 Å². The second kappa shape index (κ2) is 5.26. The SMILES string of the molecule is NS(=O)(=O)c1ccc(NC(=O)C2CCCC2)cc1F. The second-order valence-electron chi connectivity index (χ2n) is 4.66. The molecule has 1 fully saturated rings. The maximum Gasteiger partial charge on any atom is 0.240 e. The lowest BCUT2D eigenvalue weighted by Crippen LogP contribution is -2.20. The summed E-state index contributed by atoms with van der Waals surface area (Å²) in [6.45, 7) is 0. The summed E-state index contributed by atoms with van der Waals surface area (Å²) in [5, 5.41) is 7.44. The Morgan fingerprint density at radius 2 is 1.95 bits per heavy atom. The van der Waals surface area contributed by atoms with Crippen LogP contribution in [-0.2, 0) is 14.8 Å². The fraction of sp³-hybridized carbons (Fsp3) is 0.417. The highest BCUT2D eigenvalue weighted by Gasteiger charge is 2.23. The molecule has 0 saturated heterocycles. The third kappa shape index (κ3) is 3.30. The smallest absolute Gasteiger partial charge is 0.240 e. The molecule has 104 valence electrons. The van der Waals surface area contributed by atoms with E-state index in [9.17, 15) is 17.6 Å². The van der Waals surface area contributed by atoms with Crippen molar-refractivity contribution < 1.29 is 17.6 Å². The van der Waals surface area contributed by atoms with Crippen LogP contribution >= 0.6 is 0 Å². The van der Waals surface area contributed by atoms with Gasteiger partial charge in [-0.25, -0.2) is 17.9 Å². The van der Waals surface area contributed by atoms with Crippen LogP contribution in [0.4, 0.5) is 10.1 Å². The summed E-state index contributed by atoms with van der Waals surface area (Å²) in [5.41, 5.74) is 0.238. The summed E-state index contributed by atoms with van der Waals surface area (Å²) in [4.78, 5) is 11.3. The molecule has 1 aliphatic rings. The van der Waals surface area contributed by atoms with Gasteiger partial charge in [0.05, 0.1) is 0 Å². The highest BCUT2D eigenvalue weighted by molar-refractivity contribution is 7.89. The van der Waals surface area contributed by atoms with Crippen LogP contribution in [0.3, 0.4) is 0 Å². The fourth-order valence-corrected chi connectivity index (χ4v) is 2.83. The number of hydrogen-bond acceptors (Lipinski definition) is 3. The zero-order chi connectivity index (χ0) is 14.0. The topological polar surface area (TPSA) is 89.3 Å². The van der Waals surface area contributed by atoms with Crippen LogP contribution in [-0.4, -0.2) is 14.3 Å². The summed E-state index contributed by atoms with van der Waals surface area (Å²) in [6, 6.07) is 3.34. The van der Waals surface area contributed by atoms with E-state index in [1.807, 2.05) is 0 Å². The van der Waals surface area contributed by atoms with Gasteiger partial charge in [-0.2, -0.15) is 0 Å². The van der Waals surface area contributed by atoms with Crippen molar-refractivity contribution in [2.24, 2.45) is 11.1 Å². The Balaban J connectivity index is 2.14. The molecule has 0 spiro atoms. The predicted octanol–water partition coefficient (Wildman–Crippen LogP) is 1.60. The van der Waals surface area contributed by atoms with E-state index >= 15 is 0 Å². The van der Waals surface area contributed by atoms with Gasteiger partial charge in [-0.05, 0) is 31.0 Å². The van der Waals surface area contributed by atoms with E-state index in [0.29, 0.717) is 0 Å². The second-order valence-corrected chi connectivity index (χ2v) is 6.19. The first-order valence-electron chi connectivity index (χ1n) is 6.01. The van der Waals surface area contributed by atoms with E-state index in [-0.39, 0.29) is 17.5 Å². The zero-order valence-corrected chi connectivity index (χ0v) is 11.0. The van der Waals surface area contributed by atoms with E-state index in [1.54, 1.807) is 0 Å². The van der Waals surface area contributed by atoms with Crippen molar-refractivity contribution in [1.29, 1.82) is 0 Å². The number of nitrogens with two attached hydrogens (primary N) is 1. The van der Waals surface area contributed by atoms with Crippen LogP contribution < -0.4 is 10.5 Å². The third-order valence-corrected chi connectivity index (χ3v) is 4.18. The highest BCUT2D eigenvalue weighted by Crippen LogP contribution is 2.26. The third-order valence-electron chi connectivity index (χ3n) is 3.23. The molecule has 1 saturated carbocycles. The molecule has 0 unspecified atom stereocenters. The predicted molar refractivity (Wildman–Crippen MR) is 68.4 cm³/mol. The van der Waals surface area contributed by atoms with Crippen LogP contribution in [0.25, 0.3) is 0 Å². The summed E-state index contributed by atoms with van der Waals surface area (Å²) in [7, 11) is -4.08. The van der Waals surface area contributed by atoms with E-state index in [1.165, 1.54) is 6.07 Å². The number of rotatable bonds is 3. The van der Waals surface area contributed by atoms with Crippen molar-refractivity contribution in [3.63, 3.8) is 0 Å². The van der Waals surface area contributed by atoms with Crippen molar-refractivity contribution in [3.8, 4) is 0 Å². The van der Waals surface area contributed by atoms with Crippen molar-refractivity contribution in [2.45, 2.75) is 30.6 Å². The number of amides is 1. The van der Waals surface area contributed by atoms with Crippen molar-refractivity contribution in [3.05, 3.63) is 24.0 Å². The van der Waals surface area contributed by atoms with Crippen LogP contribution in [0, 0.1) is 11.7 Å². The van der Waals surface area contributed by atoms with Gasteiger partial charge < -0.3 is 5.32 Å². The first-order valence-corrected chi connectivity index (χ1v) is 7.56. The maximum atomic E-state index is 13.6. The number of primary sulfonamides is 1. The number of nitrogens with one attached hydrogen (secondary N) is 1. The normalized spacial score (nSPS) is 16.5. The quantitative estimate of drug-likeness (QED) is 0.884. The summed E-state index contributed by atoms with van der Waals surface area (Å²) in [6.07, 6.45) is 3.72. The molecule has 0 aromatic heterocycles. The van der Waals surface area contributed by atoms with E-state index < -0.39 is 20.7 Å². The molecule has 1 aromatic carbocycles. The molecule has 1 aliphatic carbocycles. The molecule has 1 amide bonds. The highest BCUT2D eigenvalue weighted by atomic mass is 32.2. The summed E-state index contributed by atoms with van der Waals surface area (Å²) < 4.78 is 35.7. The van der Waals surface area contributed by atoms with Gasteiger partial charge in [0.15, 0.2) is 0 Å². The van der Waals surface area contributed by atoms with Crippen molar-refractivity contribution >= 4 is 21.6 Å². The lowest BCUT2D eigenvalue weighted by atomic mass is 10.1. The Kier molecular flexibility index (Phi) is 3.86. The van der Waals surface area contributed by atoms with Crippen LogP contribution in [0.5, 0.6) is 0 Å². The number of carbonyl (C=O) groups excluding carboxylic acids is 1. The first-order chi connectivity index (χ1) is 8.88. The molecule has 7 heteroatoms. The van der Waals surface area contributed by atoms with E-state index in [2.05, 4.69) is 5.32 Å². The van der Waals surface area contributed by atoms with Gasteiger partial charge in [0.1, 0.15) is 10.7 Å². The first kappa shape index (κ1) is 14.0. The van der Waals surface area contributed by atoms with Gasteiger partial charge in [0.2, 0.25) is 15.9 Å². The van der Waals surface area contributed by atoms with Gasteiger partial charge in [0.25, 0.3) is 0 Å².